The summed E-state index contributed by atoms with van der Waals surface area (Å²) >= 11 is 1.80. The van der Waals surface area contributed by atoms with Crippen LogP contribution >= 0.6 is 11.3 Å². The lowest BCUT2D eigenvalue weighted by atomic mass is 10.0. The summed E-state index contributed by atoms with van der Waals surface area (Å²) in [6.07, 6.45) is 5.34. The predicted octanol–water partition coefficient (Wildman–Crippen LogP) is 2.75. The molecule has 3 nitrogen and oxygen atoms in total. The van der Waals surface area contributed by atoms with Crippen LogP contribution in [-0.2, 0) is 6.42 Å². The van der Waals surface area contributed by atoms with Crippen molar-refractivity contribution in [2.24, 2.45) is 5.92 Å². The van der Waals surface area contributed by atoms with Crippen LogP contribution < -0.4 is 4.90 Å². The first-order valence-electron chi connectivity index (χ1n) is 6.70. The van der Waals surface area contributed by atoms with Gasteiger partial charge in [-0.1, -0.05) is 13.3 Å². The topological polar surface area (TPSA) is 36.4 Å². The molecule has 2 heterocycles. The molecule has 1 fully saturated rings. The Morgan fingerprint density at radius 2 is 2.35 bits per heavy atom. The van der Waals surface area contributed by atoms with Crippen molar-refractivity contribution in [1.82, 2.24) is 4.98 Å². The summed E-state index contributed by atoms with van der Waals surface area (Å²) < 4.78 is 0. The molecule has 0 aromatic carbocycles. The lowest BCUT2D eigenvalue weighted by molar-refractivity contribution is 0.153. The molecule has 0 amide bonds. The van der Waals surface area contributed by atoms with E-state index in [1.54, 1.807) is 11.3 Å². The zero-order valence-corrected chi connectivity index (χ0v) is 11.2. The fourth-order valence-corrected chi connectivity index (χ4v) is 4.05. The van der Waals surface area contributed by atoms with Crippen molar-refractivity contribution in [3.05, 3.63) is 10.6 Å². The lowest BCUT2D eigenvalue weighted by Crippen LogP contribution is -2.19. The third-order valence-corrected chi connectivity index (χ3v) is 5.24. The first kappa shape index (κ1) is 11.5. The van der Waals surface area contributed by atoms with Crippen molar-refractivity contribution < 1.29 is 5.11 Å². The van der Waals surface area contributed by atoms with E-state index in [0.29, 0.717) is 0 Å². The number of aliphatic hydroxyl groups is 1. The van der Waals surface area contributed by atoms with Crippen molar-refractivity contribution in [2.45, 2.75) is 45.1 Å². The van der Waals surface area contributed by atoms with Crippen LogP contribution in [0.15, 0.2) is 0 Å². The molecule has 0 saturated carbocycles. The van der Waals surface area contributed by atoms with E-state index in [-0.39, 0.29) is 6.10 Å². The zero-order valence-electron chi connectivity index (χ0n) is 10.4. The molecule has 1 aromatic heterocycles. The Balaban J connectivity index is 1.80. The van der Waals surface area contributed by atoms with E-state index in [2.05, 4.69) is 16.8 Å². The average Bonchev–Trinajstić information content (AvgIpc) is 2.95. The highest BCUT2D eigenvalue weighted by Crippen LogP contribution is 2.38. The first-order chi connectivity index (χ1) is 8.28. The van der Waals surface area contributed by atoms with Crippen LogP contribution in [0, 0.1) is 5.92 Å². The third kappa shape index (κ3) is 2.08. The van der Waals surface area contributed by atoms with Crippen LogP contribution in [0.25, 0.3) is 0 Å². The molecular formula is C13H20N2OS. The molecule has 1 aliphatic carbocycles. The van der Waals surface area contributed by atoms with Crippen molar-refractivity contribution >= 4 is 16.5 Å². The highest BCUT2D eigenvalue weighted by Gasteiger charge is 2.28. The second-order valence-corrected chi connectivity index (χ2v) is 6.28. The Kier molecular flexibility index (Phi) is 3.09. The molecule has 2 atom stereocenters. The maximum atomic E-state index is 9.94. The summed E-state index contributed by atoms with van der Waals surface area (Å²) in [7, 11) is 0. The summed E-state index contributed by atoms with van der Waals surface area (Å²) in [5.41, 5.74) is 0.969. The lowest BCUT2D eigenvalue weighted by Gasteiger charge is -2.15. The van der Waals surface area contributed by atoms with Crippen molar-refractivity contribution in [3.63, 3.8) is 0 Å². The number of thiazole rings is 1. The molecular weight excluding hydrogens is 232 g/mol. The largest absolute Gasteiger partial charge is 0.387 e. The minimum atomic E-state index is -0.312. The van der Waals surface area contributed by atoms with E-state index < -0.39 is 0 Å². The molecule has 2 aliphatic rings. The number of anilines is 1. The van der Waals surface area contributed by atoms with E-state index in [0.717, 1.165) is 49.1 Å². The Morgan fingerprint density at radius 3 is 3.06 bits per heavy atom. The van der Waals surface area contributed by atoms with Gasteiger partial charge in [0.15, 0.2) is 5.13 Å². The number of aliphatic hydroxyl groups excluding tert-OH is 1. The SMILES string of the molecule is CCC1CCN(c2nc3c(s2)CCCC3O)C1. The molecule has 0 bridgehead atoms. The van der Waals surface area contributed by atoms with Crippen LogP contribution in [0.1, 0.15) is 49.3 Å². The maximum Gasteiger partial charge on any atom is 0.185 e. The van der Waals surface area contributed by atoms with Gasteiger partial charge in [0.1, 0.15) is 0 Å². The summed E-state index contributed by atoms with van der Waals surface area (Å²) in [6.45, 7) is 4.56. The normalized spacial score (nSPS) is 28.5. The second-order valence-electron chi connectivity index (χ2n) is 5.22. The van der Waals surface area contributed by atoms with Crippen LogP contribution in [0.5, 0.6) is 0 Å². The monoisotopic (exact) mass is 252 g/mol. The van der Waals surface area contributed by atoms with E-state index in [1.807, 2.05) is 0 Å². The minimum Gasteiger partial charge on any atom is -0.387 e. The molecule has 0 spiro atoms. The highest BCUT2D eigenvalue weighted by atomic mass is 32.1. The number of hydrogen-bond donors (Lipinski definition) is 1. The van der Waals surface area contributed by atoms with Gasteiger partial charge in [-0.05, 0) is 31.6 Å². The molecule has 3 rings (SSSR count). The Morgan fingerprint density at radius 1 is 1.47 bits per heavy atom. The highest BCUT2D eigenvalue weighted by molar-refractivity contribution is 7.15. The van der Waals surface area contributed by atoms with Crippen LogP contribution in [0.2, 0.25) is 0 Å². The van der Waals surface area contributed by atoms with Crippen molar-refractivity contribution in [3.8, 4) is 0 Å². The molecule has 4 heteroatoms. The predicted molar refractivity (Wildman–Crippen MR) is 70.6 cm³/mol. The van der Waals surface area contributed by atoms with Crippen LogP contribution in [0.4, 0.5) is 5.13 Å². The fraction of sp³-hybridized carbons (Fsp3) is 0.769. The van der Waals surface area contributed by atoms with Gasteiger partial charge in [-0.25, -0.2) is 4.98 Å². The number of nitrogens with zero attached hydrogens (tertiary/aromatic N) is 2. The van der Waals surface area contributed by atoms with E-state index >= 15 is 0 Å². The number of aromatic nitrogens is 1. The standard InChI is InChI=1S/C13H20N2OS/c1-2-9-6-7-15(8-9)13-14-12-10(16)4-3-5-11(12)17-13/h9-10,16H,2-8H2,1H3. The van der Waals surface area contributed by atoms with Crippen LogP contribution in [-0.4, -0.2) is 23.2 Å². The summed E-state index contributed by atoms with van der Waals surface area (Å²) in [4.78, 5) is 8.40. The zero-order chi connectivity index (χ0) is 11.8. The van der Waals surface area contributed by atoms with Gasteiger partial charge in [-0.15, -0.1) is 11.3 Å². The van der Waals surface area contributed by atoms with Gasteiger partial charge in [-0.3, -0.25) is 0 Å². The smallest absolute Gasteiger partial charge is 0.185 e. The fourth-order valence-electron chi connectivity index (χ4n) is 2.86. The molecule has 2 unspecified atom stereocenters. The average molecular weight is 252 g/mol. The number of hydrogen-bond acceptors (Lipinski definition) is 4. The molecule has 0 radical (unpaired) electrons. The van der Waals surface area contributed by atoms with Gasteiger partial charge in [0, 0.05) is 18.0 Å². The number of fused-ring (bicyclic) bond motifs is 1. The molecule has 1 N–H and O–H groups in total. The van der Waals surface area contributed by atoms with Crippen LogP contribution in [0.3, 0.4) is 0 Å². The minimum absolute atomic E-state index is 0.312. The Labute approximate surface area is 106 Å². The van der Waals surface area contributed by atoms with Gasteiger partial charge < -0.3 is 10.0 Å². The summed E-state index contributed by atoms with van der Waals surface area (Å²) in [5, 5.41) is 11.1. The second kappa shape index (κ2) is 4.58. The van der Waals surface area contributed by atoms with E-state index in [1.165, 1.54) is 17.7 Å². The van der Waals surface area contributed by atoms with Crippen molar-refractivity contribution in [1.29, 1.82) is 0 Å². The van der Waals surface area contributed by atoms with Gasteiger partial charge in [-0.2, -0.15) is 0 Å². The Hall–Kier alpha value is -0.610. The summed E-state index contributed by atoms with van der Waals surface area (Å²) in [5.74, 6) is 0.834. The van der Waals surface area contributed by atoms with E-state index in [9.17, 15) is 5.11 Å². The van der Waals surface area contributed by atoms with Gasteiger partial charge in [0.05, 0.1) is 11.8 Å². The van der Waals surface area contributed by atoms with Gasteiger partial charge in [0.25, 0.3) is 0 Å². The first-order valence-corrected chi connectivity index (χ1v) is 7.52. The number of aryl methyl sites for hydroxylation is 1. The number of rotatable bonds is 2. The molecule has 1 aliphatic heterocycles. The molecule has 94 valence electrons. The van der Waals surface area contributed by atoms with Crippen molar-refractivity contribution in [2.75, 3.05) is 18.0 Å². The maximum absolute atomic E-state index is 9.94. The van der Waals surface area contributed by atoms with Gasteiger partial charge >= 0.3 is 0 Å². The summed E-state index contributed by atoms with van der Waals surface area (Å²) in [6, 6.07) is 0. The third-order valence-electron chi connectivity index (χ3n) is 4.05. The van der Waals surface area contributed by atoms with Gasteiger partial charge in [0.2, 0.25) is 0 Å². The molecule has 17 heavy (non-hydrogen) atoms. The van der Waals surface area contributed by atoms with E-state index in [4.69, 9.17) is 0 Å². The molecule has 1 aromatic rings. The quantitative estimate of drug-likeness (QED) is 0.879. The molecule has 1 saturated heterocycles. The Bertz CT molecular complexity index is 404.